The Labute approximate surface area is 121 Å². The molecular weight excluding hydrogens is 386 g/mol. The molecule has 0 atom stereocenters. The van der Waals surface area contributed by atoms with E-state index in [1.165, 1.54) is 18.5 Å². The van der Waals surface area contributed by atoms with E-state index in [1.54, 1.807) is 18.2 Å². The minimum absolute atomic E-state index is 0.148. The number of nitrogens with one attached hydrogen (secondary N) is 1. The fraction of sp³-hybridized carbons (Fsp3) is 0. The van der Waals surface area contributed by atoms with Gasteiger partial charge in [-0.1, -0.05) is 12.1 Å². The third kappa shape index (κ3) is 3.06. The number of sulfonamides is 1. The van der Waals surface area contributed by atoms with Crippen molar-refractivity contribution in [3.05, 3.63) is 45.7 Å². The monoisotopic (exact) mass is 391 g/mol. The van der Waals surface area contributed by atoms with Crippen LogP contribution < -0.4 is 4.72 Å². The van der Waals surface area contributed by atoms with Crippen LogP contribution in [0.2, 0.25) is 0 Å². The zero-order valence-electron chi connectivity index (χ0n) is 8.84. The SMILES string of the molecule is O=S(=O)(Nc1cnc(Br)cn1)c1ccccc1Br. The van der Waals surface area contributed by atoms with Crippen molar-refractivity contribution in [3.8, 4) is 0 Å². The molecule has 1 aromatic carbocycles. The highest BCUT2D eigenvalue weighted by molar-refractivity contribution is 9.10. The largest absolute Gasteiger partial charge is 0.264 e. The minimum atomic E-state index is -3.67. The zero-order valence-corrected chi connectivity index (χ0v) is 12.8. The molecule has 0 saturated carbocycles. The summed E-state index contributed by atoms with van der Waals surface area (Å²) in [5, 5.41) is 0. The molecule has 0 aliphatic carbocycles. The normalized spacial score (nSPS) is 11.2. The summed E-state index contributed by atoms with van der Waals surface area (Å²) in [4.78, 5) is 7.95. The van der Waals surface area contributed by atoms with Gasteiger partial charge in [-0.2, -0.15) is 0 Å². The van der Waals surface area contributed by atoms with Crippen LogP contribution in [0.15, 0.2) is 50.6 Å². The second-order valence-corrected chi connectivity index (χ2v) is 6.58. The Morgan fingerprint density at radius 3 is 2.39 bits per heavy atom. The Morgan fingerprint density at radius 2 is 1.78 bits per heavy atom. The Morgan fingerprint density at radius 1 is 1.06 bits per heavy atom. The number of hydrogen-bond donors (Lipinski definition) is 1. The lowest BCUT2D eigenvalue weighted by Crippen LogP contribution is -2.14. The highest BCUT2D eigenvalue weighted by Gasteiger charge is 2.17. The second kappa shape index (κ2) is 5.33. The standard InChI is InChI=1S/C10H7Br2N3O2S/c11-7-3-1-2-4-8(7)18(16,17)15-10-6-13-9(12)5-14-10/h1-6H,(H,14,15). The third-order valence-corrected chi connectivity index (χ3v) is 4.76. The molecule has 8 heteroatoms. The van der Waals surface area contributed by atoms with Crippen molar-refractivity contribution < 1.29 is 8.42 Å². The Hall–Kier alpha value is -0.990. The lowest BCUT2D eigenvalue weighted by molar-refractivity contribution is 0.600. The van der Waals surface area contributed by atoms with Gasteiger partial charge in [0.05, 0.1) is 12.4 Å². The number of nitrogens with zero attached hydrogens (tertiary/aromatic N) is 2. The molecule has 0 amide bonds. The first kappa shape index (κ1) is 13.4. The quantitative estimate of drug-likeness (QED) is 0.871. The molecule has 2 aromatic rings. The first-order chi connectivity index (χ1) is 8.49. The van der Waals surface area contributed by atoms with Gasteiger partial charge in [0, 0.05) is 4.47 Å². The number of aromatic nitrogens is 2. The highest BCUT2D eigenvalue weighted by atomic mass is 79.9. The predicted molar refractivity (Wildman–Crippen MR) is 74.7 cm³/mol. The summed E-state index contributed by atoms with van der Waals surface area (Å²) >= 11 is 6.32. The van der Waals surface area contributed by atoms with Gasteiger partial charge in [0.25, 0.3) is 10.0 Å². The molecule has 0 fully saturated rings. The van der Waals surface area contributed by atoms with Gasteiger partial charge < -0.3 is 0 Å². The molecular formula is C10H7Br2N3O2S. The molecule has 0 saturated heterocycles. The Balaban J connectivity index is 2.33. The summed E-state index contributed by atoms with van der Waals surface area (Å²) in [6, 6.07) is 6.54. The van der Waals surface area contributed by atoms with Gasteiger partial charge in [-0.3, -0.25) is 4.72 Å². The summed E-state index contributed by atoms with van der Waals surface area (Å²) in [5.74, 6) is 0.161. The van der Waals surface area contributed by atoms with E-state index in [2.05, 4.69) is 46.5 Å². The van der Waals surface area contributed by atoms with Crippen LogP contribution in [0.5, 0.6) is 0 Å². The van der Waals surface area contributed by atoms with Gasteiger partial charge >= 0.3 is 0 Å². The molecule has 1 N–H and O–H groups in total. The molecule has 0 unspecified atom stereocenters. The van der Waals surface area contributed by atoms with Crippen LogP contribution in [0.3, 0.4) is 0 Å². The van der Waals surface area contributed by atoms with Gasteiger partial charge in [0.1, 0.15) is 9.50 Å². The minimum Gasteiger partial charge on any atom is -0.262 e. The fourth-order valence-corrected chi connectivity index (χ4v) is 3.42. The van der Waals surface area contributed by atoms with Crippen LogP contribution in [0.4, 0.5) is 5.82 Å². The number of hydrogen-bond acceptors (Lipinski definition) is 4. The van der Waals surface area contributed by atoms with Gasteiger partial charge in [-0.05, 0) is 44.0 Å². The summed E-state index contributed by atoms with van der Waals surface area (Å²) < 4.78 is 27.5. The van der Waals surface area contributed by atoms with Crippen LogP contribution in [0, 0.1) is 0 Å². The van der Waals surface area contributed by atoms with E-state index in [9.17, 15) is 8.42 Å². The molecule has 18 heavy (non-hydrogen) atoms. The summed E-state index contributed by atoms with van der Waals surface area (Å²) in [6.07, 6.45) is 2.75. The van der Waals surface area contributed by atoms with E-state index in [0.717, 1.165) is 0 Å². The molecule has 0 bridgehead atoms. The van der Waals surface area contributed by atoms with E-state index in [0.29, 0.717) is 9.08 Å². The first-order valence-corrected chi connectivity index (χ1v) is 7.81. The number of benzene rings is 1. The van der Waals surface area contributed by atoms with Crippen molar-refractivity contribution in [2.24, 2.45) is 0 Å². The maximum Gasteiger partial charge on any atom is 0.264 e. The molecule has 2 rings (SSSR count). The lowest BCUT2D eigenvalue weighted by Gasteiger charge is -2.08. The average molecular weight is 393 g/mol. The van der Waals surface area contributed by atoms with Crippen molar-refractivity contribution in [1.82, 2.24) is 9.97 Å². The summed E-state index contributed by atoms with van der Waals surface area (Å²) in [5.41, 5.74) is 0. The summed E-state index contributed by atoms with van der Waals surface area (Å²) in [6.45, 7) is 0. The Kier molecular flexibility index (Phi) is 3.98. The van der Waals surface area contributed by atoms with E-state index in [4.69, 9.17) is 0 Å². The molecule has 0 radical (unpaired) electrons. The van der Waals surface area contributed by atoms with Gasteiger partial charge in [0.2, 0.25) is 0 Å². The molecule has 1 heterocycles. The maximum absolute atomic E-state index is 12.1. The van der Waals surface area contributed by atoms with Gasteiger partial charge in [0.15, 0.2) is 5.82 Å². The van der Waals surface area contributed by atoms with Crippen LogP contribution in [0.25, 0.3) is 0 Å². The lowest BCUT2D eigenvalue weighted by atomic mass is 10.4. The second-order valence-electron chi connectivity index (χ2n) is 3.26. The third-order valence-electron chi connectivity index (χ3n) is 1.99. The number of halogens is 2. The van der Waals surface area contributed by atoms with Crippen LogP contribution in [-0.2, 0) is 10.0 Å². The predicted octanol–water partition coefficient (Wildman–Crippen LogP) is 2.80. The molecule has 1 aromatic heterocycles. The van der Waals surface area contributed by atoms with Gasteiger partial charge in [-0.15, -0.1) is 0 Å². The number of rotatable bonds is 3. The smallest absolute Gasteiger partial charge is 0.262 e. The number of anilines is 1. The van der Waals surface area contributed by atoms with Crippen LogP contribution in [-0.4, -0.2) is 18.4 Å². The molecule has 0 aliphatic heterocycles. The zero-order chi connectivity index (χ0) is 13.2. The molecule has 0 spiro atoms. The van der Waals surface area contributed by atoms with Crippen molar-refractivity contribution >= 4 is 47.7 Å². The van der Waals surface area contributed by atoms with Crippen LogP contribution >= 0.6 is 31.9 Å². The van der Waals surface area contributed by atoms with Crippen LogP contribution in [0.1, 0.15) is 0 Å². The van der Waals surface area contributed by atoms with E-state index >= 15 is 0 Å². The highest BCUT2D eigenvalue weighted by Crippen LogP contribution is 2.23. The van der Waals surface area contributed by atoms with E-state index in [-0.39, 0.29) is 10.7 Å². The molecule has 5 nitrogen and oxygen atoms in total. The fourth-order valence-electron chi connectivity index (χ4n) is 1.22. The van der Waals surface area contributed by atoms with E-state index in [1.807, 2.05) is 0 Å². The van der Waals surface area contributed by atoms with Crippen molar-refractivity contribution in [2.45, 2.75) is 4.90 Å². The summed E-state index contributed by atoms with van der Waals surface area (Å²) in [7, 11) is -3.67. The maximum atomic E-state index is 12.1. The topological polar surface area (TPSA) is 72.0 Å². The first-order valence-electron chi connectivity index (χ1n) is 4.74. The van der Waals surface area contributed by atoms with Gasteiger partial charge in [-0.25, -0.2) is 18.4 Å². The van der Waals surface area contributed by atoms with Crippen molar-refractivity contribution in [2.75, 3.05) is 4.72 Å². The van der Waals surface area contributed by atoms with Crippen molar-refractivity contribution in [1.29, 1.82) is 0 Å². The molecule has 94 valence electrons. The molecule has 0 aliphatic rings. The van der Waals surface area contributed by atoms with Crippen molar-refractivity contribution in [3.63, 3.8) is 0 Å². The Bertz CT molecular complexity index is 659. The average Bonchev–Trinajstić information content (AvgIpc) is 2.32. The van der Waals surface area contributed by atoms with E-state index < -0.39 is 10.0 Å².